The quantitative estimate of drug-likeness (QED) is 0.667. The highest BCUT2D eigenvalue weighted by Crippen LogP contribution is 2.42. The third kappa shape index (κ3) is 3.26. The monoisotopic (exact) mass is 382 g/mol. The number of fused-ring (bicyclic) bond motifs is 2. The number of rotatable bonds is 6. The average Bonchev–Trinajstić information content (AvgIpc) is 3.26. The normalized spacial score (nSPS) is 12.5. The Hall–Kier alpha value is -3.15. The van der Waals surface area contributed by atoms with Crippen LogP contribution >= 0.6 is 0 Å². The summed E-state index contributed by atoms with van der Waals surface area (Å²) in [5.41, 5.74) is 4.64. The summed E-state index contributed by atoms with van der Waals surface area (Å²) in [5.74, 6) is 2.13. The third-order valence-corrected chi connectivity index (χ3v) is 5.19. The summed E-state index contributed by atoms with van der Waals surface area (Å²) in [7, 11) is 0. The van der Waals surface area contributed by atoms with Gasteiger partial charge in [0.25, 0.3) is 0 Å². The molecule has 6 nitrogen and oxygen atoms in total. The van der Waals surface area contributed by atoms with Gasteiger partial charge in [-0.05, 0) is 62.1 Å². The molecule has 6 heteroatoms. The lowest BCUT2D eigenvalue weighted by atomic mass is 9.99. The van der Waals surface area contributed by atoms with Crippen molar-refractivity contribution in [2.75, 3.05) is 6.79 Å². The van der Waals surface area contributed by atoms with Gasteiger partial charge in [-0.2, -0.15) is 0 Å². The number of hydrogen-bond donors (Lipinski definition) is 1. The molecule has 0 unspecified atom stereocenters. The standard InChI is InChI=1S/C22H22O6/c1-12-8-16-9-19-22(27-11-26-19)17(21(16)28-12)10-25-18-6-4-15(5-7-20(23)24)13(2)14(18)3/h4,6,8-9H,5,7,10-11H2,1-3H3,(H,23,24). The summed E-state index contributed by atoms with van der Waals surface area (Å²) in [6.07, 6.45) is 0.621. The Labute approximate surface area is 162 Å². The largest absolute Gasteiger partial charge is 0.488 e. The first-order valence-corrected chi connectivity index (χ1v) is 9.19. The van der Waals surface area contributed by atoms with Crippen molar-refractivity contribution < 1.29 is 28.5 Å². The first-order valence-electron chi connectivity index (χ1n) is 9.19. The number of carboxylic acids is 1. The minimum Gasteiger partial charge on any atom is -0.488 e. The Morgan fingerprint density at radius 2 is 1.96 bits per heavy atom. The Morgan fingerprint density at radius 3 is 2.75 bits per heavy atom. The smallest absolute Gasteiger partial charge is 0.303 e. The maximum Gasteiger partial charge on any atom is 0.303 e. The van der Waals surface area contributed by atoms with E-state index in [0.29, 0.717) is 17.9 Å². The van der Waals surface area contributed by atoms with Crippen LogP contribution in [0.15, 0.2) is 28.7 Å². The van der Waals surface area contributed by atoms with Crippen LogP contribution in [0.2, 0.25) is 0 Å². The minimum absolute atomic E-state index is 0.115. The maximum atomic E-state index is 10.8. The van der Waals surface area contributed by atoms with E-state index in [4.69, 9.17) is 23.7 Å². The molecule has 1 aliphatic rings. The fourth-order valence-corrected chi connectivity index (χ4v) is 3.55. The Bertz CT molecular complexity index is 1060. The van der Waals surface area contributed by atoms with E-state index in [-0.39, 0.29) is 19.8 Å². The van der Waals surface area contributed by atoms with Crippen molar-refractivity contribution >= 4 is 16.9 Å². The summed E-state index contributed by atoms with van der Waals surface area (Å²) >= 11 is 0. The average molecular weight is 382 g/mol. The van der Waals surface area contributed by atoms with Crippen molar-refractivity contribution in [1.82, 2.24) is 0 Å². The number of benzene rings is 2. The van der Waals surface area contributed by atoms with Gasteiger partial charge in [-0.1, -0.05) is 6.07 Å². The number of aryl methyl sites for hydroxylation is 2. The van der Waals surface area contributed by atoms with Crippen LogP contribution in [0.5, 0.6) is 17.2 Å². The van der Waals surface area contributed by atoms with Gasteiger partial charge in [-0.15, -0.1) is 0 Å². The second-order valence-electron chi connectivity index (χ2n) is 7.02. The van der Waals surface area contributed by atoms with Crippen LogP contribution in [-0.2, 0) is 17.8 Å². The van der Waals surface area contributed by atoms with Gasteiger partial charge in [0, 0.05) is 11.8 Å². The molecule has 4 rings (SSSR count). The zero-order chi connectivity index (χ0) is 19.8. The van der Waals surface area contributed by atoms with Gasteiger partial charge in [-0.25, -0.2) is 0 Å². The molecule has 0 saturated heterocycles. The van der Waals surface area contributed by atoms with E-state index < -0.39 is 5.97 Å². The fourth-order valence-electron chi connectivity index (χ4n) is 3.55. The molecule has 2 heterocycles. The van der Waals surface area contributed by atoms with Crippen LogP contribution in [-0.4, -0.2) is 17.9 Å². The van der Waals surface area contributed by atoms with Crippen molar-refractivity contribution in [2.45, 2.75) is 40.2 Å². The van der Waals surface area contributed by atoms with Crippen molar-refractivity contribution in [3.05, 3.63) is 52.3 Å². The van der Waals surface area contributed by atoms with Gasteiger partial charge in [0.15, 0.2) is 11.5 Å². The molecule has 146 valence electrons. The molecule has 1 N–H and O–H groups in total. The highest BCUT2D eigenvalue weighted by atomic mass is 16.7. The highest BCUT2D eigenvalue weighted by Gasteiger charge is 2.24. The van der Waals surface area contributed by atoms with E-state index >= 15 is 0 Å². The van der Waals surface area contributed by atoms with Crippen LogP contribution in [0.3, 0.4) is 0 Å². The van der Waals surface area contributed by atoms with E-state index in [1.165, 1.54) is 0 Å². The van der Waals surface area contributed by atoms with Crippen LogP contribution in [0.25, 0.3) is 11.0 Å². The molecule has 0 amide bonds. The fraction of sp³-hybridized carbons (Fsp3) is 0.318. The van der Waals surface area contributed by atoms with E-state index in [1.54, 1.807) is 0 Å². The molecule has 1 aliphatic heterocycles. The van der Waals surface area contributed by atoms with Crippen LogP contribution in [0, 0.1) is 20.8 Å². The molecular weight excluding hydrogens is 360 g/mol. The number of carboxylic acid groups (broad SMARTS) is 1. The molecule has 0 fully saturated rings. The van der Waals surface area contributed by atoms with E-state index in [2.05, 4.69) is 0 Å². The number of aliphatic carboxylic acids is 1. The summed E-state index contributed by atoms with van der Waals surface area (Å²) in [6, 6.07) is 7.71. The second kappa shape index (κ2) is 7.11. The lowest BCUT2D eigenvalue weighted by Crippen LogP contribution is -2.03. The van der Waals surface area contributed by atoms with Gasteiger partial charge < -0.3 is 23.7 Å². The lowest BCUT2D eigenvalue weighted by Gasteiger charge is -2.15. The first kappa shape index (κ1) is 18.2. The zero-order valence-corrected chi connectivity index (χ0v) is 16.1. The van der Waals surface area contributed by atoms with Gasteiger partial charge in [0.1, 0.15) is 23.7 Å². The Kier molecular flexibility index (Phi) is 4.63. The summed E-state index contributed by atoms with van der Waals surface area (Å²) in [6.45, 7) is 6.34. The van der Waals surface area contributed by atoms with Crippen LogP contribution in [0.1, 0.15) is 34.4 Å². The first-order chi connectivity index (χ1) is 13.4. The summed E-state index contributed by atoms with van der Waals surface area (Å²) in [4.78, 5) is 10.8. The van der Waals surface area contributed by atoms with Gasteiger partial charge in [0.2, 0.25) is 6.79 Å². The second-order valence-corrected chi connectivity index (χ2v) is 7.02. The summed E-state index contributed by atoms with van der Waals surface area (Å²) < 4.78 is 23.2. The molecule has 28 heavy (non-hydrogen) atoms. The molecule has 0 atom stereocenters. The topological polar surface area (TPSA) is 78.1 Å². The van der Waals surface area contributed by atoms with Crippen LogP contribution < -0.4 is 14.2 Å². The predicted molar refractivity (Wildman–Crippen MR) is 103 cm³/mol. The highest BCUT2D eigenvalue weighted by molar-refractivity contribution is 5.86. The Morgan fingerprint density at radius 1 is 1.14 bits per heavy atom. The lowest BCUT2D eigenvalue weighted by molar-refractivity contribution is -0.136. The van der Waals surface area contributed by atoms with Crippen molar-refractivity contribution in [2.24, 2.45) is 0 Å². The van der Waals surface area contributed by atoms with Gasteiger partial charge in [-0.3, -0.25) is 4.79 Å². The minimum atomic E-state index is -0.796. The molecule has 0 aliphatic carbocycles. The molecule has 3 aromatic rings. The third-order valence-electron chi connectivity index (χ3n) is 5.19. The van der Waals surface area contributed by atoms with Crippen molar-refractivity contribution in [3.8, 4) is 17.2 Å². The number of ether oxygens (including phenoxy) is 3. The van der Waals surface area contributed by atoms with Gasteiger partial charge in [0.05, 0.1) is 5.56 Å². The number of furan rings is 1. The van der Waals surface area contributed by atoms with Crippen molar-refractivity contribution in [1.29, 1.82) is 0 Å². The van der Waals surface area contributed by atoms with E-state index in [1.807, 2.05) is 45.0 Å². The molecule has 0 spiro atoms. The number of carbonyl (C=O) groups is 1. The summed E-state index contributed by atoms with van der Waals surface area (Å²) in [5, 5.41) is 9.87. The maximum absolute atomic E-state index is 10.8. The predicted octanol–water partition coefficient (Wildman–Crippen LogP) is 4.68. The Balaban J connectivity index is 1.62. The molecule has 2 aromatic carbocycles. The van der Waals surface area contributed by atoms with Crippen molar-refractivity contribution in [3.63, 3.8) is 0 Å². The van der Waals surface area contributed by atoms with Gasteiger partial charge >= 0.3 is 5.97 Å². The zero-order valence-electron chi connectivity index (χ0n) is 16.1. The number of hydrogen-bond acceptors (Lipinski definition) is 5. The molecule has 0 radical (unpaired) electrons. The molecular formula is C22H22O6. The van der Waals surface area contributed by atoms with E-state index in [9.17, 15) is 4.79 Å². The molecule has 1 aromatic heterocycles. The molecule has 0 saturated carbocycles. The van der Waals surface area contributed by atoms with Crippen LogP contribution in [0.4, 0.5) is 0 Å². The van der Waals surface area contributed by atoms with E-state index in [0.717, 1.165) is 44.7 Å². The molecule has 0 bridgehead atoms. The SMILES string of the molecule is Cc1cc2cc3c(c(COc4ccc(CCC(=O)O)c(C)c4C)c2o1)OCO3.